The molecule has 0 spiro atoms. The SMILES string of the molecule is N#CC(CNC(CO)c1ccccc1)C(F)(F)F. The van der Waals surface area contributed by atoms with Crippen LogP contribution < -0.4 is 5.32 Å². The predicted molar refractivity (Wildman–Crippen MR) is 59.4 cm³/mol. The molecular formula is C12H13F3N2O. The molecule has 2 N–H and O–H groups in total. The van der Waals surface area contributed by atoms with E-state index < -0.39 is 24.7 Å². The maximum atomic E-state index is 12.4. The molecule has 0 saturated carbocycles. The molecule has 0 aliphatic heterocycles. The molecule has 0 fully saturated rings. The Balaban J connectivity index is 2.64. The van der Waals surface area contributed by atoms with Crippen molar-refractivity contribution in [3.8, 4) is 6.07 Å². The van der Waals surface area contributed by atoms with Crippen molar-refractivity contribution in [3.63, 3.8) is 0 Å². The van der Waals surface area contributed by atoms with E-state index in [0.29, 0.717) is 5.56 Å². The van der Waals surface area contributed by atoms with Crippen LogP contribution in [0, 0.1) is 17.2 Å². The summed E-state index contributed by atoms with van der Waals surface area (Å²) in [4.78, 5) is 0. The summed E-state index contributed by atoms with van der Waals surface area (Å²) in [6.07, 6.45) is -4.56. The highest BCUT2D eigenvalue weighted by Crippen LogP contribution is 2.25. The zero-order valence-electron chi connectivity index (χ0n) is 9.48. The lowest BCUT2D eigenvalue weighted by atomic mass is 10.1. The van der Waals surface area contributed by atoms with E-state index in [0.717, 1.165) is 0 Å². The van der Waals surface area contributed by atoms with E-state index in [1.165, 1.54) is 6.07 Å². The van der Waals surface area contributed by atoms with Crippen molar-refractivity contribution in [2.24, 2.45) is 5.92 Å². The van der Waals surface area contributed by atoms with Crippen LogP contribution in [-0.2, 0) is 0 Å². The number of benzene rings is 1. The number of hydrogen-bond donors (Lipinski definition) is 2. The predicted octanol–water partition coefficient (Wildman–Crippen LogP) is 2.01. The molecule has 0 amide bonds. The second-order valence-corrected chi connectivity index (χ2v) is 3.78. The van der Waals surface area contributed by atoms with Crippen molar-refractivity contribution in [1.29, 1.82) is 5.26 Å². The number of aliphatic hydroxyl groups excluding tert-OH is 1. The van der Waals surface area contributed by atoms with Crippen molar-refractivity contribution in [3.05, 3.63) is 35.9 Å². The molecule has 0 radical (unpaired) electrons. The van der Waals surface area contributed by atoms with Gasteiger partial charge >= 0.3 is 6.18 Å². The minimum absolute atomic E-state index is 0.333. The monoisotopic (exact) mass is 258 g/mol. The first-order valence-corrected chi connectivity index (χ1v) is 5.34. The molecule has 98 valence electrons. The molecule has 2 unspecified atom stereocenters. The Kier molecular flexibility index (Phi) is 5.13. The van der Waals surface area contributed by atoms with Gasteiger partial charge in [-0.05, 0) is 5.56 Å². The lowest BCUT2D eigenvalue weighted by Gasteiger charge is -2.20. The van der Waals surface area contributed by atoms with Crippen molar-refractivity contribution in [2.75, 3.05) is 13.2 Å². The molecule has 1 aromatic carbocycles. The van der Waals surface area contributed by atoms with E-state index in [1.807, 2.05) is 0 Å². The van der Waals surface area contributed by atoms with Crippen LogP contribution in [0.2, 0.25) is 0 Å². The Hall–Kier alpha value is -1.58. The summed E-state index contributed by atoms with van der Waals surface area (Å²) in [6.45, 7) is -0.875. The maximum absolute atomic E-state index is 12.4. The number of alkyl halides is 3. The minimum atomic E-state index is -4.56. The highest BCUT2D eigenvalue weighted by molar-refractivity contribution is 5.19. The fraction of sp³-hybridized carbons (Fsp3) is 0.417. The van der Waals surface area contributed by atoms with Crippen molar-refractivity contribution >= 4 is 0 Å². The van der Waals surface area contributed by atoms with E-state index in [2.05, 4.69) is 5.32 Å². The summed E-state index contributed by atoms with van der Waals surface area (Å²) in [5.41, 5.74) is 0.680. The summed E-state index contributed by atoms with van der Waals surface area (Å²) >= 11 is 0. The van der Waals surface area contributed by atoms with E-state index in [9.17, 15) is 13.2 Å². The third-order valence-electron chi connectivity index (χ3n) is 2.50. The van der Waals surface area contributed by atoms with Gasteiger partial charge in [0.05, 0.1) is 18.7 Å². The van der Waals surface area contributed by atoms with Crippen LogP contribution in [0.5, 0.6) is 0 Å². The van der Waals surface area contributed by atoms with Crippen LogP contribution in [0.4, 0.5) is 13.2 Å². The molecule has 18 heavy (non-hydrogen) atoms. The molecule has 0 bridgehead atoms. The van der Waals surface area contributed by atoms with Crippen molar-refractivity contribution < 1.29 is 18.3 Å². The topological polar surface area (TPSA) is 56.0 Å². The second kappa shape index (κ2) is 6.38. The highest BCUT2D eigenvalue weighted by Gasteiger charge is 2.39. The molecule has 3 nitrogen and oxygen atoms in total. The van der Waals surface area contributed by atoms with Gasteiger partial charge in [0.1, 0.15) is 0 Å². The third-order valence-corrected chi connectivity index (χ3v) is 2.50. The number of aliphatic hydroxyl groups is 1. The fourth-order valence-electron chi connectivity index (χ4n) is 1.47. The minimum Gasteiger partial charge on any atom is -0.394 e. The van der Waals surface area contributed by atoms with Crippen LogP contribution in [0.1, 0.15) is 11.6 Å². The summed E-state index contributed by atoms with van der Waals surface area (Å²) in [5, 5.41) is 20.1. The van der Waals surface area contributed by atoms with Gasteiger partial charge in [0.15, 0.2) is 5.92 Å². The lowest BCUT2D eigenvalue weighted by molar-refractivity contribution is -0.158. The number of nitrogens with one attached hydrogen (secondary N) is 1. The molecule has 2 atom stereocenters. The van der Waals surface area contributed by atoms with E-state index in [1.54, 1.807) is 30.3 Å². The average molecular weight is 258 g/mol. The maximum Gasteiger partial charge on any atom is 0.405 e. The Morgan fingerprint density at radius 3 is 2.33 bits per heavy atom. The number of nitriles is 1. The van der Waals surface area contributed by atoms with E-state index in [4.69, 9.17) is 10.4 Å². The normalized spacial score (nSPS) is 14.8. The van der Waals surface area contributed by atoms with Crippen molar-refractivity contribution in [2.45, 2.75) is 12.2 Å². The molecule has 6 heteroatoms. The molecule has 1 rings (SSSR count). The summed E-state index contributed by atoms with van der Waals surface area (Å²) in [6, 6.07) is 9.22. The van der Waals surface area contributed by atoms with Gasteiger partial charge in [0, 0.05) is 6.54 Å². The number of halogens is 3. The van der Waals surface area contributed by atoms with Crippen LogP contribution in [0.3, 0.4) is 0 Å². The highest BCUT2D eigenvalue weighted by atomic mass is 19.4. The first kappa shape index (κ1) is 14.5. The molecule has 1 aromatic rings. The molecule has 0 aliphatic carbocycles. The van der Waals surface area contributed by atoms with Gasteiger partial charge in [0.25, 0.3) is 0 Å². The van der Waals surface area contributed by atoms with Gasteiger partial charge in [-0.1, -0.05) is 30.3 Å². The average Bonchev–Trinajstić information content (AvgIpc) is 2.34. The largest absolute Gasteiger partial charge is 0.405 e. The Morgan fingerprint density at radius 2 is 1.89 bits per heavy atom. The smallest absolute Gasteiger partial charge is 0.394 e. The Labute approximate surface area is 103 Å². The van der Waals surface area contributed by atoms with Gasteiger partial charge in [-0.2, -0.15) is 18.4 Å². The van der Waals surface area contributed by atoms with E-state index >= 15 is 0 Å². The fourth-order valence-corrected chi connectivity index (χ4v) is 1.47. The zero-order chi connectivity index (χ0) is 13.6. The van der Waals surface area contributed by atoms with E-state index in [-0.39, 0.29) is 6.61 Å². The standard InChI is InChI=1S/C12H13F3N2O/c13-12(14,15)10(6-16)7-17-11(8-18)9-4-2-1-3-5-9/h1-5,10-11,17-18H,7-8H2. The van der Waals surface area contributed by atoms with Gasteiger partial charge in [-0.15, -0.1) is 0 Å². The van der Waals surface area contributed by atoms with Crippen LogP contribution in [0.25, 0.3) is 0 Å². The lowest BCUT2D eigenvalue weighted by Crippen LogP contribution is -2.35. The summed E-state index contributed by atoms with van der Waals surface area (Å²) < 4.78 is 37.1. The third kappa shape index (κ3) is 4.02. The van der Waals surface area contributed by atoms with Crippen LogP contribution in [-0.4, -0.2) is 24.4 Å². The van der Waals surface area contributed by atoms with Gasteiger partial charge < -0.3 is 10.4 Å². The van der Waals surface area contributed by atoms with Gasteiger partial charge in [-0.25, -0.2) is 0 Å². The zero-order valence-corrected chi connectivity index (χ0v) is 9.48. The second-order valence-electron chi connectivity index (χ2n) is 3.78. The molecule has 0 aliphatic rings. The first-order chi connectivity index (χ1) is 8.49. The van der Waals surface area contributed by atoms with Crippen LogP contribution >= 0.6 is 0 Å². The number of hydrogen-bond acceptors (Lipinski definition) is 3. The number of rotatable bonds is 5. The van der Waals surface area contributed by atoms with Gasteiger partial charge in [0.2, 0.25) is 0 Å². The molecule has 0 aromatic heterocycles. The summed E-state index contributed by atoms with van der Waals surface area (Å²) in [7, 11) is 0. The number of nitrogens with zero attached hydrogens (tertiary/aromatic N) is 1. The molecule has 0 saturated heterocycles. The summed E-state index contributed by atoms with van der Waals surface area (Å²) in [5.74, 6) is -2.07. The van der Waals surface area contributed by atoms with Crippen molar-refractivity contribution in [1.82, 2.24) is 5.32 Å². The Bertz CT molecular complexity index is 400. The van der Waals surface area contributed by atoms with Crippen LogP contribution in [0.15, 0.2) is 30.3 Å². The van der Waals surface area contributed by atoms with Gasteiger partial charge in [-0.3, -0.25) is 0 Å². The quantitative estimate of drug-likeness (QED) is 0.849. The first-order valence-electron chi connectivity index (χ1n) is 5.34. The molecular weight excluding hydrogens is 245 g/mol. The molecule has 0 heterocycles. The Morgan fingerprint density at radius 1 is 1.28 bits per heavy atom.